The van der Waals surface area contributed by atoms with E-state index in [1.165, 1.54) is 18.9 Å². The van der Waals surface area contributed by atoms with Crippen molar-refractivity contribution in [2.45, 2.75) is 5.16 Å². The van der Waals surface area contributed by atoms with E-state index < -0.39 is 11.9 Å². The van der Waals surface area contributed by atoms with E-state index in [2.05, 4.69) is 20.8 Å². The van der Waals surface area contributed by atoms with Crippen LogP contribution in [0.1, 0.15) is 0 Å². The largest absolute Gasteiger partial charge is 0.383 e. The van der Waals surface area contributed by atoms with Crippen molar-refractivity contribution in [1.29, 1.82) is 0 Å². The third kappa shape index (κ3) is 5.82. The predicted octanol–water partition coefficient (Wildman–Crippen LogP) is 3.15. The molecule has 3 aromatic rings. The van der Waals surface area contributed by atoms with Gasteiger partial charge in [-0.05, 0) is 36.4 Å². The molecule has 0 unspecified atom stereocenters. The molecule has 0 spiro atoms. The molecule has 0 saturated heterocycles. The zero-order valence-electron chi connectivity index (χ0n) is 16.2. The molecule has 0 saturated carbocycles. The Hall–Kier alpha value is -2.88. The van der Waals surface area contributed by atoms with Crippen LogP contribution in [0.4, 0.5) is 4.79 Å². The summed E-state index contributed by atoms with van der Waals surface area (Å²) in [5, 5.41) is 14.5. The van der Waals surface area contributed by atoms with E-state index in [1.54, 1.807) is 12.1 Å². The summed E-state index contributed by atoms with van der Waals surface area (Å²) >= 11 is 7.18. The molecule has 1 aromatic heterocycles. The number of benzene rings is 2. The number of hydrogen-bond donors (Lipinski definition) is 2. The van der Waals surface area contributed by atoms with Gasteiger partial charge in [0.05, 0.1) is 12.4 Å². The van der Waals surface area contributed by atoms with Gasteiger partial charge in [-0.25, -0.2) is 4.79 Å². The van der Waals surface area contributed by atoms with E-state index in [-0.39, 0.29) is 5.75 Å². The van der Waals surface area contributed by atoms with E-state index in [0.29, 0.717) is 29.2 Å². The van der Waals surface area contributed by atoms with Crippen molar-refractivity contribution < 1.29 is 14.3 Å². The van der Waals surface area contributed by atoms with E-state index in [4.69, 9.17) is 16.3 Å². The van der Waals surface area contributed by atoms with E-state index in [9.17, 15) is 9.59 Å². The Balaban J connectivity index is 1.76. The third-order valence-electron chi connectivity index (χ3n) is 3.93. The van der Waals surface area contributed by atoms with Crippen molar-refractivity contribution in [3.8, 4) is 17.1 Å². The number of carbonyl (C=O) groups is 2. The van der Waals surface area contributed by atoms with Crippen LogP contribution in [0.15, 0.2) is 59.8 Å². The SMILES string of the molecule is COCCNC(=O)NC(=O)CSc1nnc(-c2ccc(Cl)cc2)n1-c1ccccc1. The minimum absolute atomic E-state index is 0.00326. The number of urea groups is 1. The quantitative estimate of drug-likeness (QED) is 0.408. The Labute approximate surface area is 183 Å². The molecule has 0 bridgehead atoms. The first-order valence-electron chi connectivity index (χ1n) is 9.04. The molecular weight excluding hydrogens is 426 g/mol. The fourth-order valence-electron chi connectivity index (χ4n) is 2.56. The number of carbonyl (C=O) groups excluding carboxylic acids is 2. The molecule has 0 aliphatic rings. The molecule has 156 valence electrons. The topological polar surface area (TPSA) is 98.1 Å². The van der Waals surface area contributed by atoms with Crippen molar-refractivity contribution in [2.24, 2.45) is 0 Å². The number of halogens is 1. The van der Waals surface area contributed by atoms with E-state index >= 15 is 0 Å². The van der Waals surface area contributed by atoms with Crippen LogP contribution in [-0.4, -0.2) is 52.7 Å². The Kier molecular flexibility index (Phi) is 7.83. The zero-order chi connectivity index (χ0) is 21.3. The number of methoxy groups -OCH3 is 1. The fourth-order valence-corrected chi connectivity index (χ4v) is 3.44. The highest BCUT2D eigenvalue weighted by Gasteiger charge is 2.18. The van der Waals surface area contributed by atoms with Gasteiger partial charge in [-0.2, -0.15) is 0 Å². The second kappa shape index (κ2) is 10.8. The molecule has 3 rings (SSSR count). The summed E-state index contributed by atoms with van der Waals surface area (Å²) in [6.45, 7) is 0.680. The summed E-state index contributed by atoms with van der Waals surface area (Å²) < 4.78 is 6.71. The van der Waals surface area contributed by atoms with Gasteiger partial charge in [0.15, 0.2) is 11.0 Å². The van der Waals surface area contributed by atoms with Crippen LogP contribution in [0.5, 0.6) is 0 Å². The molecule has 3 amide bonds. The average molecular weight is 446 g/mol. The minimum Gasteiger partial charge on any atom is -0.383 e. The second-order valence-corrected chi connectivity index (χ2v) is 7.45. The molecule has 2 aromatic carbocycles. The molecular formula is C20H20ClN5O3S. The highest BCUT2D eigenvalue weighted by Crippen LogP contribution is 2.28. The smallest absolute Gasteiger partial charge is 0.321 e. The summed E-state index contributed by atoms with van der Waals surface area (Å²) in [4.78, 5) is 23.8. The number of hydrogen-bond acceptors (Lipinski definition) is 6. The summed E-state index contributed by atoms with van der Waals surface area (Å²) in [5.74, 6) is 0.187. The molecule has 8 nitrogen and oxygen atoms in total. The Morgan fingerprint density at radius 3 is 2.53 bits per heavy atom. The fraction of sp³-hybridized carbons (Fsp3) is 0.200. The van der Waals surface area contributed by atoms with Crippen LogP contribution >= 0.6 is 23.4 Å². The van der Waals surface area contributed by atoms with Crippen LogP contribution in [0.2, 0.25) is 5.02 Å². The number of thioether (sulfide) groups is 1. The molecule has 0 atom stereocenters. The van der Waals surface area contributed by atoms with Crippen molar-refractivity contribution in [3.05, 3.63) is 59.6 Å². The van der Waals surface area contributed by atoms with Gasteiger partial charge in [-0.3, -0.25) is 14.7 Å². The number of amides is 3. The van der Waals surface area contributed by atoms with Gasteiger partial charge in [0.2, 0.25) is 5.91 Å². The van der Waals surface area contributed by atoms with Crippen molar-refractivity contribution in [2.75, 3.05) is 26.0 Å². The van der Waals surface area contributed by atoms with Gasteiger partial charge in [0, 0.05) is 29.9 Å². The first-order valence-corrected chi connectivity index (χ1v) is 10.4. The zero-order valence-corrected chi connectivity index (χ0v) is 17.7. The standard InChI is InChI=1S/C20H20ClN5O3S/c1-29-12-11-22-19(28)23-17(27)13-30-20-25-24-18(14-7-9-15(21)10-8-14)26(20)16-5-3-2-4-6-16/h2-10H,11-13H2,1H3,(H2,22,23,27,28). The van der Waals surface area contributed by atoms with Gasteiger partial charge in [0.1, 0.15) is 0 Å². The van der Waals surface area contributed by atoms with Crippen LogP contribution in [0, 0.1) is 0 Å². The average Bonchev–Trinajstić information content (AvgIpc) is 3.17. The van der Waals surface area contributed by atoms with Gasteiger partial charge < -0.3 is 10.1 Å². The number of imide groups is 1. The third-order valence-corrected chi connectivity index (χ3v) is 5.11. The normalized spacial score (nSPS) is 10.6. The first-order chi connectivity index (χ1) is 14.6. The molecule has 0 aliphatic heterocycles. The molecule has 0 radical (unpaired) electrons. The van der Waals surface area contributed by atoms with Crippen molar-refractivity contribution >= 4 is 35.3 Å². The highest BCUT2D eigenvalue weighted by molar-refractivity contribution is 7.99. The lowest BCUT2D eigenvalue weighted by Crippen LogP contribution is -2.41. The molecule has 1 heterocycles. The molecule has 0 aliphatic carbocycles. The molecule has 10 heteroatoms. The van der Waals surface area contributed by atoms with Gasteiger partial charge in [0.25, 0.3) is 0 Å². The Morgan fingerprint density at radius 1 is 1.10 bits per heavy atom. The van der Waals surface area contributed by atoms with Gasteiger partial charge in [-0.15, -0.1) is 10.2 Å². The van der Waals surface area contributed by atoms with Crippen LogP contribution in [0.3, 0.4) is 0 Å². The number of rotatable bonds is 8. The maximum atomic E-state index is 12.1. The summed E-state index contributed by atoms with van der Waals surface area (Å²) in [7, 11) is 1.53. The molecule has 30 heavy (non-hydrogen) atoms. The Morgan fingerprint density at radius 2 is 1.83 bits per heavy atom. The lowest BCUT2D eigenvalue weighted by molar-refractivity contribution is -0.117. The van der Waals surface area contributed by atoms with Crippen LogP contribution in [0.25, 0.3) is 17.1 Å². The maximum absolute atomic E-state index is 12.1. The maximum Gasteiger partial charge on any atom is 0.321 e. The molecule has 2 N–H and O–H groups in total. The second-order valence-electron chi connectivity index (χ2n) is 6.07. The van der Waals surface area contributed by atoms with Crippen molar-refractivity contribution in [1.82, 2.24) is 25.4 Å². The van der Waals surface area contributed by atoms with E-state index in [1.807, 2.05) is 47.0 Å². The van der Waals surface area contributed by atoms with Crippen LogP contribution in [-0.2, 0) is 9.53 Å². The van der Waals surface area contributed by atoms with Gasteiger partial charge >= 0.3 is 6.03 Å². The van der Waals surface area contributed by atoms with E-state index in [0.717, 1.165) is 11.3 Å². The van der Waals surface area contributed by atoms with Gasteiger partial charge in [-0.1, -0.05) is 41.6 Å². The number of para-hydroxylation sites is 1. The van der Waals surface area contributed by atoms with Crippen molar-refractivity contribution in [3.63, 3.8) is 0 Å². The highest BCUT2D eigenvalue weighted by atomic mass is 35.5. The Bertz CT molecular complexity index is 995. The summed E-state index contributed by atoms with van der Waals surface area (Å²) in [6.07, 6.45) is 0. The number of aromatic nitrogens is 3. The minimum atomic E-state index is -0.566. The van der Waals surface area contributed by atoms with Crippen LogP contribution < -0.4 is 10.6 Å². The predicted molar refractivity (Wildman–Crippen MR) is 116 cm³/mol. The number of nitrogens with zero attached hydrogens (tertiary/aromatic N) is 3. The lowest BCUT2D eigenvalue weighted by atomic mass is 10.2. The number of nitrogens with one attached hydrogen (secondary N) is 2. The first kappa shape index (κ1) is 21.8. The summed E-state index contributed by atoms with van der Waals surface area (Å²) in [6, 6.07) is 16.3. The summed E-state index contributed by atoms with van der Waals surface area (Å²) in [5.41, 5.74) is 1.69. The lowest BCUT2D eigenvalue weighted by Gasteiger charge is -2.10. The molecule has 0 fully saturated rings. The number of ether oxygens (including phenoxy) is 1. The monoisotopic (exact) mass is 445 g/mol.